The van der Waals surface area contributed by atoms with Gasteiger partial charge < -0.3 is 29.0 Å². The van der Waals surface area contributed by atoms with Gasteiger partial charge in [0.25, 0.3) is 6.01 Å². The number of likely N-dealkylation sites (tertiary alicyclic amines) is 1. The molecular formula is C33H36ClN3O6. The lowest BCUT2D eigenvalue weighted by Crippen LogP contribution is -2.48. The van der Waals surface area contributed by atoms with Gasteiger partial charge in [-0.3, -0.25) is 4.90 Å². The zero-order valence-corrected chi connectivity index (χ0v) is 24.9. The van der Waals surface area contributed by atoms with Gasteiger partial charge in [0.1, 0.15) is 6.10 Å². The maximum absolute atomic E-state index is 11.9. The number of benzene rings is 3. The Labute approximate surface area is 255 Å². The highest BCUT2D eigenvalue weighted by Crippen LogP contribution is 2.34. The fourth-order valence-corrected chi connectivity index (χ4v) is 6.01. The molecule has 3 heterocycles. The summed E-state index contributed by atoms with van der Waals surface area (Å²) in [5, 5.41) is 9.45. The number of rotatable bonds is 11. The minimum Gasteiger partial charge on any atom is -0.467 e. The number of nitrogens with one attached hydrogen (secondary N) is 1. The molecule has 1 aromatic heterocycles. The third-order valence-electron chi connectivity index (χ3n) is 8.04. The SMILES string of the molecule is COC(=O)[C@H]1C[C@@H](Oc2nc3cc(-c4ccc(-c5ccc(CN6CC(COCCO)C6)cc5)cc4)c(Cl)cc3[nH]2)CCO1. The normalized spacial score (nSPS) is 19.3. The Kier molecular flexibility index (Phi) is 9.25. The van der Waals surface area contributed by atoms with Crippen LogP contribution in [0.25, 0.3) is 33.3 Å². The molecule has 0 bridgehead atoms. The second kappa shape index (κ2) is 13.4. The number of aliphatic hydroxyl groups is 1. The molecule has 2 aliphatic rings. The van der Waals surface area contributed by atoms with Gasteiger partial charge >= 0.3 is 5.97 Å². The third kappa shape index (κ3) is 7.03. The molecule has 3 aromatic carbocycles. The number of ether oxygens (including phenoxy) is 4. The molecule has 2 atom stereocenters. The molecule has 0 saturated carbocycles. The lowest BCUT2D eigenvalue weighted by Gasteiger charge is -2.39. The number of aliphatic hydroxyl groups excluding tert-OH is 1. The van der Waals surface area contributed by atoms with E-state index in [9.17, 15) is 4.79 Å². The summed E-state index contributed by atoms with van der Waals surface area (Å²) in [6, 6.07) is 21.3. The zero-order valence-electron chi connectivity index (χ0n) is 24.1. The first-order valence-corrected chi connectivity index (χ1v) is 15.0. The first-order valence-electron chi connectivity index (χ1n) is 14.6. The van der Waals surface area contributed by atoms with Gasteiger partial charge in [-0.1, -0.05) is 60.1 Å². The summed E-state index contributed by atoms with van der Waals surface area (Å²) in [5.74, 6) is 0.164. The van der Waals surface area contributed by atoms with Crippen LogP contribution in [0, 0.1) is 5.92 Å². The average molecular weight is 606 g/mol. The number of halogens is 1. The van der Waals surface area contributed by atoms with E-state index in [0.29, 0.717) is 43.0 Å². The van der Waals surface area contributed by atoms with Gasteiger partial charge in [0.2, 0.25) is 0 Å². The van der Waals surface area contributed by atoms with Crippen LogP contribution in [-0.2, 0) is 25.5 Å². The van der Waals surface area contributed by atoms with E-state index in [2.05, 4.69) is 63.4 Å². The Hall–Kier alpha value is -3.47. The first kappa shape index (κ1) is 29.6. The smallest absolute Gasteiger partial charge is 0.335 e. The fraction of sp³-hybridized carbons (Fsp3) is 0.394. The van der Waals surface area contributed by atoms with Crippen molar-refractivity contribution in [2.45, 2.75) is 31.6 Å². The van der Waals surface area contributed by atoms with Gasteiger partial charge in [0.15, 0.2) is 6.10 Å². The molecule has 9 nitrogen and oxygen atoms in total. The number of aromatic amines is 1. The van der Waals surface area contributed by atoms with Crippen LogP contribution < -0.4 is 4.74 Å². The van der Waals surface area contributed by atoms with Crippen molar-refractivity contribution in [3.8, 4) is 28.3 Å². The van der Waals surface area contributed by atoms with E-state index in [1.165, 1.54) is 12.7 Å². The van der Waals surface area contributed by atoms with Crippen LogP contribution in [-0.4, -0.2) is 84.8 Å². The van der Waals surface area contributed by atoms with Crippen LogP contribution in [0.1, 0.15) is 18.4 Å². The molecule has 0 unspecified atom stereocenters. The van der Waals surface area contributed by atoms with Gasteiger partial charge in [0, 0.05) is 44.0 Å². The van der Waals surface area contributed by atoms with E-state index in [1.54, 1.807) is 0 Å². The van der Waals surface area contributed by atoms with E-state index >= 15 is 0 Å². The number of imidazole rings is 1. The van der Waals surface area contributed by atoms with Crippen molar-refractivity contribution in [2.24, 2.45) is 5.92 Å². The maximum Gasteiger partial charge on any atom is 0.335 e. The Balaban J connectivity index is 1.08. The predicted octanol–water partition coefficient (Wildman–Crippen LogP) is 5.09. The summed E-state index contributed by atoms with van der Waals surface area (Å²) in [7, 11) is 1.35. The fourth-order valence-electron chi connectivity index (χ4n) is 5.74. The van der Waals surface area contributed by atoms with Crippen molar-refractivity contribution >= 4 is 28.6 Å². The molecule has 0 radical (unpaired) electrons. The predicted molar refractivity (Wildman–Crippen MR) is 164 cm³/mol. The molecule has 2 N–H and O–H groups in total. The number of hydrogen-bond donors (Lipinski definition) is 2. The van der Waals surface area contributed by atoms with Gasteiger partial charge in [-0.2, -0.15) is 4.98 Å². The van der Waals surface area contributed by atoms with Crippen LogP contribution >= 0.6 is 11.6 Å². The van der Waals surface area contributed by atoms with Gasteiger partial charge in [-0.15, -0.1) is 0 Å². The quantitative estimate of drug-likeness (QED) is 0.180. The van der Waals surface area contributed by atoms with Crippen LogP contribution in [0.3, 0.4) is 0 Å². The van der Waals surface area contributed by atoms with E-state index in [-0.39, 0.29) is 12.7 Å². The maximum atomic E-state index is 11.9. The number of aromatic nitrogens is 2. The second-order valence-corrected chi connectivity index (χ2v) is 11.6. The van der Waals surface area contributed by atoms with Crippen molar-refractivity contribution in [1.82, 2.24) is 14.9 Å². The lowest BCUT2D eigenvalue weighted by molar-refractivity contribution is -0.160. The molecule has 0 aliphatic carbocycles. The van der Waals surface area contributed by atoms with Crippen LogP contribution in [0.5, 0.6) is 6.01 Å². The molecular weight excluding hydrogens is 570 g/mol. The summed E-state index contributed by atoms with van der Waals surface area (Å²) < 4.78 is 21.8. The van der Waals surface area contributed by atoms with E-state index in [1.807, 2.05) is 12.1 Å². The van der Waals surface area contributed by atoms with Crippen molar-refractivity contribution in [1.29, 1.82) is 0 Å². The number of H-pyrrole nitrogens is 1. The number of carbonyl (C=O) groups excluding carboxylic acids is 1. The van der Waals surface area contributed by atoms with E-state index in [0.717, 1.165) is 59.5 Å². The van der Waals surface area contributed by atoms with E-state index < -0.39 is 12.1 Å². The van der Waals surface area contributed by atoms with Crippen LogP contribution in [0.15, 0.2) is 60.7 Å². The van der Waals surface area contributed by atoms with E-state index in [4.69, 9.17) is 35.7 Å². The monoisotopic (exact) mass is 605 g/mol. The average Bonchev–Trinajstić information content (AvgIpc) is 3.40. The number of nitrogens with zero attached hydrogens (tertiary/aromatic N) is 2. The molecule has 0 spiro atoms. The van der Waals surface area contributed by atoms with Crippen molar-refractivity contribution in [2.75, 3.05) is 46.6 Å². The topological polar surface area (TPSA) is 106 Å². The molecule has 10 heteroatoms. The Morgan fingerprint density at radius 1 is 1.09 bits per heavy atom. The Morgan fingerprint density at radius 2 is 1.81 bits per heavy atom. The lowest BCUT2D eigenvalue weighted by atomic mass is 9.98. The first-order chi connectivity index (χ1) is 21.0. The highest BCUT2D eigenvalue weighted by Gasteiger charge is 2.31. The van der Waals surface area contributed by atoms with Crippen LogP contribution in [0.2, 0.25) is 5.02 Å². The molecule has 43 heavy (non-hydrogen) atoms. The number of carbonyl (C=O) groups is 1. The summed E-state index contributed by atoms with van der Waals surface area (Å²) in [6.07, 6.45) is 0.234. The minimum absolute atomic E-state index is 0.0804. The summed E-state index contributed by atoms with van der Waals surface area (Å²) in [4.78, 5) is 22.1. The number of fused-ring (bicyclic) bond motifs is 1. The van der Waals surface area contributed by atoms with Crippen molar-refractivity contribution < 1.29 is 28.8 Å². The second-order valence-electron chi connectivity index (χ2n) is 11.2. The van der Waals surface area contributed by atoms with Gasteiger partial charge in [-0.25, -0.2) is 4.79 Å². The van der Waals surface area contributed by atoms with Gasteiger partial charge in [-0.05, 0) is 34.4 Å². The minimum atomic E-state index is -0.627. The highest BCUT2D eigenvalue weighted by atomic mass is 35.5. The third-order valence-corrected chi connectivity index (χ3v) is 8.35. The summed E-state index contributed by atoms with van der Waals surface area (Å²) in [5.41, 5.74) is 7.00. The molecule has 4 aromatic rings. The Bertz CT molecular complexity index is 1540. The zero-order chi connectivity index (χ0) is 29.8. The summed E-state index contributed by atoms with van der Waals surface area (Å²) >= 11 is 6.70. The highest BCUT2D eigenvalue weighted by molar-refractivity contribution is 6.34. The van der Waals surface area contributed by atoms with Crippen LogP contribution in [0.4, 0.5) is 0 Å². The number of hydrogen-bond acceptors (Lipinski definition) is 8. The van der Waals surface area contributed by atoms with Crippen molar-refractivity contribution in [3.63, 3.8) is 0 Å². The molecule has 0 amide bonds. The molecule has 2 saturated heterocycles. The van der Waals surface area contributed by atoms with Gasteiger partial charge in [0.05, 0.1) is 49.6 Å². The molecule has 2 aliphatic heterocycles. The Morgan fingerprint density at radius 3 is 2.53 bits per heavy atom. The van der Waals surface area contributed by atoms with Crippen molar-refractivity contribution in [3.05, 3.63) is 71.2 Å². The summed E-state index contributed by atoms with van der Waals surface area (Å²) in [6.45, 7) is 4.63. The standard InChI is InChI=1S/C33H36ClN3O6/c1-40-32(39)31-14-26(10-12-42-31)43-33-35-29-15-27(28(34)16-30(29)36-33)25-8-6-24(7-9-25)23-4-2-21(3-5-23)17-37-18-22(19-37)20-41-13-11-38/h2-9,15-16,22,26,31,38H,10-14,17-20H2,1H3,(H,35,36)/t26-,31+/m0/s1. The molecule has 6 rings (SSSR count). The molecule has 226 valence electrons. The largest absolute Gasteiger partial charge is 0.467 e. The number of methoxy groups -OCH3 is 1. The molecule has 2 fully saturated rings. The number of esters is 1.